The third-order valence-corrected chi connectivity index (χ3v) is 4.73. The van der Waals surface area contributed by atoms with Gasteiger partial charge in [0.1, 0.15) is 11.3 Å². The van der Waals surface area contributed by atoms with Crippen LogP contribution in [0.1, 0.15) is 25.7 Å². The van der Waals surface area contributed by atoms with E-state index in [9.17, 15) is 14.9 Å². The average Bonchev–Trinajstić information content (AvgIpc) is 3.20. The minimum absolute atomic E-state index is 0.290. The van der Waals surface area contributed by atoms with Gasteiger partial charge in [-0.1, -0.05) is 42.5 Å². The van der Waals surface area contributed by atoms with Gasteiger partial charge in [-0.25, -0.2) is 4.79 Å². The van der Waals surface area contributed by atoms with Crippen LogP contribution < -0.4 is 10.1 Å². The van der Waals surface area contributed by atoms with E-state index in [1.807, 2.05) is 42.5 Å². The zero-order valence-electron chi connectivity index (χ0n) is 15.5. The van der Waals surface area contributed by atoms with Crippen LogP contribution in [0.15, 0.2) is 54.6 Å². The molecule has 28 heavy (non-hydrogen) atoms. The quantitative estimate of drug-likeness (QED) is 0.747. The molecular weight excluding hydrogens is 356 g/mol. The summed E-state index contributed by atoms with van der Waals surface area (Å²) >= 11 is 0. The first-order valence-electron chi connectivity index (χ1n) is 9.26. The third kappa shape index (κ3) is 5.10. The van der Waals surface area contributed by atoms with E-state index in [1.165, 1.54) is 0 Å². The molecule has 0 saturated heterocycles. The van der Waals surface area contributed by atoms with E-state index >= 15 is 0 Å². The van der Waals surface area contributed by atoms with E-state index in [0.717, 1.165) is 24.0 Å². The van der Waals surface area contributed by atoms with Crippen molar-refractivity contribution in [3.05, 3.63) is 54.6 Å². The zero-order valence-corrected chi connectivity index (χ0v) is 15.5. The number of nitriles is 1. The lowest BCUT2D eigenvalue weighted by Crippen LogP contribution is -2.46. The van der Waals surface area contributed by atoms with Crippen molar-refractivity contribution in [1.82, 2.24) is 5.32 Å². The van der Waals surface area contributed by atoms with Gasteiger partial charge in [0.05, 0.1) is 6.07 Å². The predicted octanol–water partition coefficient (Wildman–Crippen LogP) is 3.23. The summed E-state index contributed by atoms with van der Waals surface area (Å²) in [5.74, 6) is -0.570. The Hall–Kier alpha value is -3.33. The summed E-state index contributed by atoms with van der Waals surface area (Å²) < 4.78 is 10.3. The first-order valence-corrected chi connectivity index (χ1v) is 9.26. The van der Waals surface area contributed by atoms with Crippen molar-refractivity contribution in [2.24, 2.45) is 0 Å². The Morgan fingerprint density at radius 3 is 2.25 bits per heavy atom. The molecule has 2 aromatic carbocycles. The summed E-state index contributed by atoms with van der Waals surface area (Å²) in [4.78, 5) is 23.7. The van der Waals surface area contributed by atoms with Gasteiger partial charge in [0.15, 0.2) is 13.2 Å². The van der Waals surface area contributed by atoms with Crippen molar-refractivity contribution in [3.8, 4) is 22.9 Å². The number of carbonyl (C=O) groups is 2. The molecular formula is C22H22N2O4. The van der Waals surface area contributed by atoms with Crippen LogP contribution in [-0.2, 0) is 14.3 Å². The number of hydrogen-bond acceptors (Lipinski definition) is 5. The lowest BCUT2D eigenvalue weighted by atomic mass is 10.00. The summed E-state index contributed by atoms with van der Waals surface area (Å²) in [6.07, 6.45) is 3.08. The first kappa shape index (κ1) is 19.4. The van der Waals surface area contributed by atoms with E-state index in [-0.39, 0.29) is 6.61 Å². The van der Waals surface area contributed by atoms with Gasteiger partial charge >= 0.3 is 5.97 Å². The van der Waals surface area contributed by atoms with Crippen LogP contribution in [0.3, 0.4) is 0 Å². The molecule has 1 fully saturated rings. The molecule has 0 bridgehead atoms. The van der Waals surface area contributed by atoms with Crippen LogP contribution in [0.2, 0.25) is 0 Å². The average molecular weight is 378 g/mol. The summed E-state index contributed by atoms with van der Waals surface area (Å²) in [6, 6.07) is 19.5. The highest BCUT2D eigenvalue weighted by atomic mass is 16.6. The van der Waals surface area contributed by atoms with Crippen molar-refractivity contribution in [2.75, 3.05) is 13.2 Å². The van der Waals surface area contributed by atoms with E-state index in [0.29, 0.717) is 18.6 Å². The maximum atomic E-state index is 11.9. The lowest BCUT2D eigenvalue weighted by molar-refractivity contribution is -0.150. The number of ether oxygens (including phenoxy) is 2. The van der Waals surface area contributed by atoms with Crippen LogP contribution in [0.25, 0.3) is 11.1 Å². The second-order valence-corrected chi connectivity index (χ2v) is 6.79. The van der Waals surface area contributed by atoms with Gasteiger partial charge in [0, 0.05) is 0 Å². The van der Waals surface area contributed by atoms with Gasteiger partial charge in [-0.2, -0.15) is 5.26 Å². The fourth-order valence-electron chi connectivity index (χ4n) is 3.25. The molecule has 0 aliphatic heterocycles. The van der Waals surface area contributed by atoms with Crippen molar-refractivity contribution in [1.29, 1.82) is 5.26 Å². The molecule has 1 amide bonds. The number of esters is 1. The van der Waals surface area contributed by atoms with E-state index in [2.05, 4.69) is 11.4 Å². The standard InChI is InChI=1S/C22H22N2O4/c23-16-22(12-4-5-13-22)24-20(25)14-28-21(26)15-27-19-10-8-18(9-11-19)17-6-2-1-3-7-17/h1-3,6-11H,4-5,12-15H2,(H,24,25). The molecule has 0 unspecified atom stereocenters. The number of amides is 1. The maximum absolute atomic E-state index is 11.9. The summed E-state index contributed by atoms with van der Waals surface area (Å²) in [5.41, 5.74) is 1.32. The number of rotatable bonds is 7. The monoisotopic (exact) mass is 378 g/mol. The SMILES string of the molecule is N#CC1(NC(=O)COC(=O)COc2ccc(-c3ccccc3)cc2)CCCC1. The molecule has 1 aliphatic carbocycles. The molecule has 0 spiro atoms. The van der Waals surface area contributed by atoms with Crippen molar-refractivity contribution in [2.45, 2.75) is 31.2 Å². The Kier molecular flexibility index (Phi) is 6.28. The lowest BCUT2D eigenvalue weighted by Gasteiger charge is -2.21. The van der Waals surface area contributed by atoms with E-state index in [1.54, 1.807) is 12.1 Å². The molecule has 2 aromatic rings. The summed E-state index contributed by atoms with van der Waals surface area (Å²) in [6.45, 7) is -0.708. The summed E-state index contributed by atoms with van der Waals surface area (Å²) in [7, 11) is 0. The highest BCUT2D eigenvalue weighted by molar-refractivity contribution is 5.81. The molecule has 0 aromatic heterocycles. The largest absolute Gasteiger partial charge is 0.482 e. The Balaban J connectivity index is 1.42. The van der Waals surface area contributed by atoms with Gasteiger partial charge in [-0.15, -0.1) is 0 Å². The number of nitrogens with one attached hydrogen (secondary N) is 1. The van der Waals surface area contributed by atoms with Gasteiger partial charge < -0.3 is 14.8 Å². The number of carbonyl (C=O) groups excluding carboxylic acids is 2. The Bertz CT molecular complexity index is 850. The normalized spacial score (nSPS) is 14.7. The molecule has 1 N–H and O–H groups in total. The van der Waals surface area contributed by atoms with Crippen LogP contribution in [0.5, 0.6) is 5.75 Å². The second kappa shape index (κ2) is 9.05. The third-order valence-electron chi connectivity index (χ3n) is 4.73. The van der Waals surface area contributed by atoms with Crippen LogP contribution in [-0.4, -0.2) is 30.6 Å². The van der Waals surface area contributed by atoms with E-state index in [4.69, 9.17) is 9.47 Å². The Labute approximate surface area is 164 Å². The molecule has 1 aliphatic rings. The highest BCUT2D eigenvalue weighted by Gasteiger charge is 2.35. The Morgan fingerprint density at radius 2 is 1.61 bits per heavy atom. The number of hydrogen-bond donors (Lipinski definition) is 1. The van der Waals surface area contributed by atoms with Gasteiger partial charge in [0.2, 0.25) is 0 Å². The molecule has 6 nitrogen and oxygen atoms in total. The predicted molar refractivity (Wildman–Crippen MR) is 103 cm³/mol. The molecule has 3 rings (SSSR count). The molecule has 144 valence electrons. The molecule has 6 heteroatoms. The molecule has 0 radical (unpaired) electrons. The number of nitrogens with zero attached hydrogens (tertiary/aromatic N) is 1. The van der Waals surface area contributed by atoms with Crippen molar-refractivity contribution in [3.63, 3.8) is 0 Å². The minimum Gasteiger partial charge on any atom is -0.482 e. The topological polar surface area (TPSA) is 88.4 Å². The van der Waals surface area contributed by atoms with Gasteiger partial charge in [0.25, 0.3) is 5.91 Å². The second-order valence-electron chi connectivity index (χ2n) is 6.79. The number of benzene rings is 2. The van der Waals surface area contributed by atoms with Gasteiger partial charge in [-0.05, 0) is 48.9 Å². The Morgan fingerprint density at radius 1 is 0.964 bits per heavy atom. The fraction of sp³-hybridized carbons (Fsp3) is 0.318. The summed E-state index contributed by atoms with van der Waals surface area (Å²) in [5, 5.41) is 11.9. The maximum Gasteiger partial charge on any atom is 0.344 e. The van der Waals surface area contributed by atoms with Crippen LogP contribution in [0, 0.1) is 11.3 Å². The molecule has 0 atom stereocenters. The van der Waals surface area contributed by atoms with E-state index < -0.39 is 24.0 Å². The minimum atomic E-state index is -0.819. The van der Waals surface area contributed by atoms with Crippen molar-refractivity contribution >= 4 is 11.9 Å². The van der Waals surface area contributed by atoms with Gasteiger partial charge in [-0.3, -0.25) is 4.79 Å². The van der Waals surface area contributed by atoms with Crippen LogP contribution in [0.4, 0.5) is 0 Å². The fourth-order valence-corrected chi connectivity index (χ4v) is 3.25. The van der Waals surface area contributed by atoms with Crippen LogP contribution >= 0.6 is 0 Å². The zero-order chi connectivity index (χ0) is 19.8. The first-order chi connectivity index (χ1) is 13.6. The van der Waals surface area contributed by atoms with Crippen molar-refractivity contribution < 1.29 is 19.1 Å². The highest BCUT2D eigenvalue weighted by Crippen LogP contribution is 2.28. The smallest absolute Gasteiger partial charge is 0.344 e. The molecule has 1 saturated carbocycles. The molecule has 0 heterocycles.